The van der Waals surface area contributed by atoms with Crippen LogP contribution in [0.15, 0.2) is 4.79 Å². The fourth-order valence-electron chi connectivity index (χ4n) is 0.828. The van der Waals surface area contributed by atoms with Gasteiger partial charge >= 0.3 is 0 Å². The molecule has 0 radical (unpaired) electrons. The molecule has 0 unspecified atom stereocenters. The van der Waals surface area contributed by atoms with Gasteiger partial charge < -0.3 is 0 Å². The molecule has 0 aliphatic heterocycles. The monoisotopic (exact) mass is 199 g/mol. The van der Waals surface area contributed by atoms with E-state index in [2.05, 4.69) is 10.1 Å². The van der Waals surface area contributed by atoms with Gasteiger partial charge in [-0.05, 0) is 12.2 Å². The van der Waals surface area contributed by atoms with Gasteiger partial charge in [-0.15, -0.1) is 0 Å². The van der Waals surface area contributed by atoms with Crippen LogP contribution in [-0.2, 0) is 7.05 Å². The van der Waals surface area contributed by atoms with Gasteiger partial charge in [0.25, 0.3) is 5.56 Å². The highest BCUT2D eigenvalue weighted by Crippen LogP contribution is 1.91. The van der Waals surface area contributed by atoms with Gasteiger partial charge in [0.15, 0.2) is 16.2 Å². The van der Waals surface area contributed by atoms with Crippen molar-refractivity contribution < 1.29 is 4.79 Å². The number of carbonyl (C=O) groups excluding carboxylic acids is 1. The van der Waals surface area contributed by atoms with Gasteiger partial charge in [-0.3, -0.25) is 14.6 Å². The summed E-state index contributed by atoms with van der Waals surface area (Å²) in [6, 6.07) is 0. The molecule has 0 bridgehead atoms. The second kappa shape index (κ2) is 3.61. The molecule has 0 atom stereocenters. The summed E-state index contributed by atoms with van der Waals surface area (Å²) in [5.74, 6) is -0.285. The molecule has 0 aliphatic carbocycles. The molecule has 0 fully saturated rings. The number of H-pyrrole nitrogens is 1. The number of nitrogens with zero attached hydrogens (tertiary/aromatic N) is 2. The van der Waals surface area contributed by atoms with E-state index in [0.29, 0.717) is 0 Å². The van der Waals surface area contributed by atoms with Crippen LogP contribution in [-0.4, -0.2) is 20.5 Å². The number of ketones is 1. The zero-order valence-electron chi connectivity index (χ0n) is 7.33. The Balaban J connectivity index is 3.41. The van der Waals surface area contributed by atoms with Crippen molar-refractivity contribution in [3.63, 3.8) is 0 Å². The maximum atomic E-state index is 11.2. The maximum absolute atomic E-state index is 11.2. The third kappa shape index (κ3) is 1.89. The lowest BCUT2D eigenvalue weighted by Gasteiger charge is -1.99. The first-order valence-corrected chi connectivity index (χ1v) is 4.18. The Kier molecular flexibility index (Phi) is 2.72. The van der Waals surface area contributed by atoms with Crippen LogP contribution < -0.4 is 5.56 Å². The summed E-state index contributed by atoms with van der Waals surface area (Å²) >= 11 is 4.76. The second-order valence-corrected chi connectivity index (χ2v) is 2.89. The predicted octanol–water partition coefficient (Wildman–Crippen LogP) is 0.431. The Hall–Kier alpha value is -1.30. The van der Waals surface area contributed by atoms with Crippen molar-refractivity contribution in [3.05, 3.63) is 20.8 Å². The number of rotatable bonds is 2. The Morgan fingerprint density at radius 1 is 1.69 bits per heavy atom. The molecule has 0 amide bonds. The molecule has 1 aromatic heterocycles. The highest BCUT2D eigenvalue weighted by atomic mass is 32.1. The molecule has 6 heteroatoms. The number of aryl methyl sites for hydroxylation is 1. The number of nitrogens with one attached hydrogen (secondary N) is 1. The van der Waals surface area contributed by atoms with Crippen molar-refractivity contribution in [2.75, 3.05) is 0 Å². The van der Waals surface area contributed by atoms with Gasteiger partial charge in [0.1, 0.15) is 0 Å². The molecular weight excluding hydrogens is 190 g/mol. The van der Waals surface area contributed by atoms with Gasteiger partial charge in [-0.1, -0.05) is 6.92 Å². The third-order valence-corrected chi connectivity index (χ3v) is 1.93. The van der Waals surface area contributed by atoms with E-state index >= 15 is 0 Å². The van der Waals surface area contributed by atoms with Gasteiger partial charge in [0.2, 0.25) is 0 Å². The third-order valence-electron chi connectivity index (χ3n) is 1.56. The van der Waals surface area contributed by atoms with E-state index in [4.69, 9.17) is 12.2 Å². The van der Waals surface area contributed by atoms with Crippen LogP contribution in [0.25, 0.3) is 0 Å². The Morgan fingerprint density at radius 2 is 2.31 bits per heavy atom. The van der Waals surface area contributed by atoms with E-state index in [-0.39, 0.29) is 22.7 Å². The summed E-state index contributed by atoms with van der Waals surface area (Å²) in [4.78, 5) is 24.7. The van der Waals surface area contributed by atoms with Crippen LogP contribution in [0.5, 0.6) is 0 Å². The Bertz CT molecular complexity index is 446. The van der Waals surface area contributed by atoms with Gasteiger partial charge in [-0.25, -0.2) is 4.68 Å². The quantitative estimate of drug-likeness (QED) is 0.554. The molecule has 5 nitrogen and oxygen atoms in total. The van der Waals surface area contributed by atoms with Crippen LogP contribution >= 0.6 is 12.2 Å². The highest BCUT2D eigenvalue weighted by Gasteiger charge is 2.10. The van der Waals surface area contributed by atoms with Crippen molar-refractivity contribution in [1.29, 1.82) is 0 Å². The molecule has 1 heterocycles. The number of Topliss-reactive ketones (excluding diaryl/α,β-unsaturated/α-hetero) is 1. The summed E-state index contributed by atoms with van der Waals surface area (Å²) in [6.07, 6.45) is 0.257. The Labute approximate surface area is 79.4 Å². The maximum Gasteiger partial charge on any atom is 0.281 e. The standard InChI is InChI=1S/C7H9N3O2S/c1-3-4(11)5-6(12)8-7(13)10(2)9-5/h3H2,1-2H3,(H,8,12,13). The van der Waals surface area contributed by atoms with Crippen molar-refractivity contribution >= 4 is 18.0 Å². The van der Waals surface area contributed by atoms with Gasteiger partial charge in [-0.2, -0.15) is 5.10 Å². The average Bonchev–Trinajstić information content (AvgIpc) is 2.10. The van der Waals surface area contributed by atoms with Crippen LogP contribution in [0.3, 0.4) is 0 Å². The molecule has 0 saturated carbocycles. The summed E-state index contributed by atoms with van der Waals surface area (Å²) in [7, 11) is 1.57. The highest BCUT2D eigenvalue weighted by molar-refractivity contribution is 7.71. The zero-order chi connectivity index (χ0) is 10.0. The molecule has 1 N–H and O–H groups in total. The van der Waals surface area contributed by atoms with E-state index in [1.54, 1.807) is 14.0 Å². The van der Waals surface area contributed by atoms with E-state index in [1.165, 1.54) is 4.68 Å². The Morgan fingerprint density at radius 3 is 2.85 bits per heavy atom. The van der Waals surface area contributed by atoms with E-state index in [9.17, 15) is 9.59 Å². The van der Waals surface area contributed by atoms with E-state index in [0.717, 1.165) is 0 Å². The van der Waals surface area contributed by atoms with Gasteiger partial charge in [0.05, 0.1) is 0 Å². The minimum atomic E-state index is -0.519. The summed E-state index contributed by atoms with van der Waals surface area (Å²) in [6.45, 7) is 1.67. The number of aromatic nitrogens is 3. The largest absolute Gasteiger partial charge is 0.296 e. The first-order chi connectivity index (χ1) is 6.06. The van der Waals surface area contributed by atoms with Gasteiger partial charge in [0, 0.05) is 13.5 Å². The lowest BCUT2D eigenvalue weighted by molar-refractivity contribution is 0.0979. The molecule has 0 spiro atoms. The van der Waals surface area contributed by atoms with Crippen LogP contribution in [0.4, 0.5) is 0 Å². The van der Waals surface area contributed by atoms with E-state index < -0.39 is 5.56 Å². The first-order valence-electron chi connectivity index (χ1n) is 3.77. The van der Waals surface area contributed by atoms with Crippen molar-refractivity contribution in [3.8, 4) is 0 Å². The van der Waals surface area contributed by atoms with Crippen LogP contribution in [0, 0.1) is 4.77 Å². The minimum absolute atomic E-state index is 0.0846. The smallest absolute Gasteiger partial charge is 0.281 e. The van der Waals surface area contributed by atoms with Crippen molar-refractivity contribution in [2.24, 2.45) is 7.05 Å². The first kappa shape index (κ1) is 9.79. The molecule has 0 aliphatic rings. The molecule has 0 aromatic carbocycles. The molecule has 0 saturated heterocycles. The number of hydrogen-bond acceptors (Lipinski definition) is 4. The van der Waals surface area contributed by atoms with Crippen molar-refractivity contribution in [1.82, 2.24) is 14.8 Å². The van der Waals surface area contributed by atoms with E-state index in [1.807, 2.05) is 0 Å². The molecule has 1 rings (SSSR count). The molecule has 13 heavy (non-hydrogen) atoms. The van der Waals surface area contributed by atoms with Crippen LogP contribution in [0.2, 0.25) is 0 Å². The predicted molar refractivity (Wildman–Crippen MR) is 49.3 cm³/mol. The molecule has 1 aromatic rings. The minimum Gasteiger partial charge on any atom is -0.296 e. The SMILES string of the molecule is CCC(=O)c1nn(C)c(=S)[nH]c1=O. The number of hydrogen-bond donors (Lipinski definition) is 1. The fourth-order valence-corrected chi connectivity index (χ4v) is 0.961. The normalized spacial score (nSPS) is 10.0. The number of carbonyl (C=O) groups is 1. The lowest BCUT2D eigenvalue weighted by atomic mass is 10.2. The molecule has 70 valence electrons. The van der Waals surface area contributed by atoms with Crippen molar-refractivity contribution in [2.45, 2.75) is 13.3 Å². The number of aromatic amines is 1. The topological polar surface area (TPSA) is 67.8 Å². The summed E-state index contributed by atoms with van der Waals surface area (Å²) in [5.41, 5.74) is -0.603. The molecular formula is C7H9N3O2S. The summed E-state index contributed by atoms with van der Waals surface area (Å²) < 4.78 is 1.50. The van der Waals surface area contributed by atoms with Crippen LogP contribution in [0.1, 0.15) is 23.8 Å². The fraction of sp³-hybridized carbons (Fsp3) is 0.429. The zero-order valence-corrected chi connectivity index (χ0v) is 8.14. The summed E-state index contributed by atoms with van der Waals surface area (Å²) in [5, 5.41) is 3.76. The lowest BCUT2D eigenvalue weighted by Crippen LogP contribution is -2.24. The average molecular weight is 199 g/mol. The second-order valence-electron chi connectivity index (χ2n) is 2.51.